The van der Waals surface area contributed by atoms with E-state index in [0.717, 1.165) is 10.6 Å². The van der Waals surface area contributed by atoms with Gasteiger partial charge in [-0.15, -0.1) is 11.8 Å². The lowest BCUT2D eigenvalue weighted by molar-refractivity contribution is -0.384. The van der Waals surface area contributed by atoms with Gasteiger partial charge in [-0.05, 0) is 24.5 Å². The molecule has 0 unspecified atom stereocenters. The second-order valence-corrected chi connectivity index (χ2v) is 4.64. The molecule has 8 heteroatoms. The number of hydrogen-bond acceptors (Lipinski definition) is 7. The zero-order chi connectivity index (χ0) is 14.5. The molecule has 0 aliphatic rings. The first-order valence-electron chi connectivity index (χ1n) is 5.68. The van der Waals surface area contributed by atoms with Crippen LogP contribution >= 0.6 is 11.8 Å². The van der Waals surface area contributed by atoms with Crippen molar-refractivity contribution in [3.8, 4) is 0 Å². The van der Waals surface area contributed by atoms with Crippen LogP contribution in [0.15, 0.2) is 41.3 Å². The predicted octanol–water partition coefficient (Wildman–Crippen LogP) is 2.74. The molecule has 0 aliphatic carbocycles. The average Bonchev–Trinajstić information content (AvgIpc) is 2.47. The van der Waals surface area contributed by atoms with Crippen LogP contribution in [-0.4, -0.2) is 16.2 Å². The van der Waals surface area contributed by atoms with E-state index in [-0.39, 0.29) is 11.5 Å². The molecule has 20 heavy (non-hydrogen) atoms. The third-order valence-corrected chi connectivity index (χ3v) is 3.37. The van der Waals surface area contributed by atoms with E-state index in [2.05, 4.69) is 15.7 Å². The minimum Gasteiger partial charge on any atom is -0.333 e. The number of hydrogen-bond donors (Lipinski definition) is 3. The highest BCUT2D eigenvalue weighted by molar-refractivity contribution is 7.98. The van der Waals surface area contributed by atoms with Crippen LogP contribution in [-0.2, 0) is 0 Å². The lowest BCUT2D eigenvalue weighted by atomic mass is 10.3. The second kappa shape index (κ2) is 6.22. The molecule has 0 aliphatic heterocycles. The fraction of sp³-hybridized carbons (Fsp3) is 0.0833. The number of rotatable bonds is 5. The molecule has 0 fully saturated rings. The number of nitrogens with two attached hydrogens (primary N) is 1. The van der Waals surface area contributed by atoms with Gasteiger partial charge in [0, 0.05) is 11.0 Å². The molecule has 0 amide bonds. The molecule has 0 bridgehead atoms. The molecule has 0 saturated heterocycles. The Hall–Kier alpha value is -2.32. The summed E-state index contributed by atoms with van der Waals surface area (Å²) in [6.45, 7) is 0. The van der Waals surface area contributed by atoms with E-state index in [0.29, 0.717) is 5.82 Å². The van der Waals surface area contributed by atoms with Gasteiger partial charge in [0.05, 0.1) is 10.6 Å². The van der Waals surface area contributed by atoms with Crippen LogP contribution in [0.4, 0.5) is 23.0 Å². The smallest absolute Gasteiger partial charge is 0.311 e. The third-order valence-electron chi connectivity index (χ3n) is 2.58. The maximum atomic E-state index is 11.0. The highest BCUT2D eigenvalue weighted by Crippen LogP contribution is 2.31. The molecule has 0 saturated carbocycles. The van der Waals surface area contributed by atoms with Crippen molar-refractivity contribution in [1.29, 1.82) is 0 Å². The molecule has 1 heterocycles. The number of nitrogens with zero attached hydrogens (tertiary/aromatic N) is 2. The van der Waals surface area contributed by atoms with E-state index in [9.17, 15) is 10.1 Å². The first-order valence-corrected chi connectivity index (χ1v) is 6.90. The van der Waals surface area contributed by atoms with Gasteiger partial charge < -0.3 is 10.7 Å². The van der Waals surface area contributed by atoms with Crippen LogP contribution in [0, 0.1) is 10.1 Å². The van der Waals surface area contributed by atoms with Gasteiger partial charge in [0.15, 0.2) is 0 Å². The highest BCUT2D eigenvalue weighted by atomic mass is 32.2. The van der Waals surface area contributed by atoms with E-state index >= 15 is 0 Å². The van der Waals surface area contributed by atoms with Crippen molar-refractivity contribution in [2.24, 2.45) is 5.84 Å². The number of anilines is 3. The summed E-state index contributed by atoms with van der Waals surface area (Å²) in [5.74, 6) is 5.77. The van der Waals surface area contributed by atoms with Crippen LogP contribution in [0.5, 0.6) is 0 Å². The molecule has 0 atom stereocenters. The third kappa shape index (κ3) is 2.98. The van der Waals surface area contributed by atoms with Crippen molar-refractivity contribution < 1.29 is 4.92 Å². The summed E-state index contributed by atoms with van der Waals surface area (Å²) in [6.07, 6.45) is 1.93. The van der Waals surface area contributed by atoms with Gasteiger partial charge in [0.1, 0.15) is 5.82 Å². The molecule has 1 aromatic heterocycles. The SMILES string of the molecule is CSc1ccccc1Nc1nc(NN)ccc1[N+](=O)[O-]. The van der Waals surface area contributed by atoms with Crippen LogP contribution in [0.3, 0.4) is 0 Å². The summed E-state index contributed by atoms with van der Waals surface area (Å²) in [5.41, 5.74) is 3.01. The van der Waals surface area contributed by atoms with E-state index in [1.807, 2.05) is 30.5 Å². The number of thioether (sulfide) groups is 1. The number of nitrogens with one attached hydrogen (secondary N) is 2. The van der Waals surface area contributed by atoms with Gasteiger partial charge in [-0.1, -0.05) is 12.1 Å². The summed E-state index contributed by atoms with van der Waals surface area (Å²) >= 11 is 1.54. The van der Waals surface area contributed by atoms with Crippen molar-refractivity contribution in [2.75, 3.05) is 17.0 Å². The first kappa shape index (κ1) is 14.1. The number of nitrogen functional groups attached to an aromatic ring is 1. The fourth-order valence-electron chi connectivity index (χ4n) is 1.65. The van der Waals surface area contributed by atoms with Crippen molar-refractivity contribution in [3.63, 3.8) is 0 Å². The van der Waals surface area contributed by atoms with Gasteiger partial charge in [-0.25, -0.2) is 10.8 Å². The lowest BCUT2D eigenvalue weighted by Crippen LogP contribution is -2.10. The van der Waals surface area contributed by atoms with Crippen LogP contribution in [0.2, 0.25) is 0 Å². The van der Waals surface area contributed by atoms with E-state index in [1.54, 1.807) is 0 Å². The molecular weight excluding hydrogens is 278 g/mol. The number of hydrazine groups is 1. The van der Waals surface area contributed by atoms with E-state index in [1.165, 1.54) is 23.9 Å². The number of para-hydroxylation sites is 1. The second-order valence-electron chi connectivity index (χ2n) is 3.79. The summed E-state index contributed by atoms with van der Waals surface area (Å²) in [4.78, 5) is 15.6. The molecule has 7 nitrogen and oxygen atoms in total. The molecule has 1 aromatic carbocycles. The molecule has 104 valence electrons. The Kier molecular flexibility index (Phi) is 4.38. The fourth-order valence-corrected chi connectivity index (χ4v) is 2.20. The Morgan fingerprint density at radius 1 is 1.30 bits per heavy atom. The Bertz CT molecular complexity index is 635. The van der Waals surface area contributed by atoms with Crippen molar-refractivity contribution in [1.82, 2.24) is 4.98 Å². The lowest BCUT2D eigenvalue weighted by Gasteiger charge is -2.10. The molecule has 4 N–H and O–H groups in total. The molecular formula is C12H13N5O2S. The van der Waals surface area contributed by atoms with Crippen molar-refractivity contribution in [2.45, 2.75) is 4.90 Å². The van der Waals surface area contributed by atoms with Crippen molar-refractivity contribution in [3.05, 3.63) is 46.5 Å². The maximum Gasteiger partial charge on any atom is 0.311 e. The number of nitro groups is 1. The van der Waals surface area contributed by atoms with Gasteiger partial charge in [0.25, 0.3) is 0 Å². The Balaban J connectivity index is 2.43. The maximum absolute atomic E-state index is 11.0. The standard InChI is InChI=1S/C12H13N5O2S/c1-20-10-5-3-2-4-8(10)14-12-9(17(18)19)6-7-11(15-12)16-13/h2-7H,13H2,1H3,(H2,14,15,16). The Labute approximate surface area is 119 Å². The normalized spacial score (nSPS) is 10.1. The monoisotopic (exact) mass is 291 g/mol. The first-order chi connectivity index (χ1) is 9.65. The van der Waals surface area contributed by atoms with Gasteiger partial charge in [-0.3, -0.25) is 10.1 Å². The molecule has 2 aromatic rings. The quantitative estimate of drug-likeness (QED) is 0.336. The highest BCUT2D eigenvalue weighted by Gasteiger charge is 2.17. The molecule has 0 spiro atoms. The molecule has 2 rings (SSSR count). The number of pyridine rings is 1. The van der Waals surface area contributed by atoms with Crippen molar-refractivity contribution >= 4 is 34.8 Å². The summed E-state index contributed by atoms with van der Waals surface area (Å²) in [7, 11) is 0. The van der Waals surface area contributed by atoms with Gasteiger partial charge in [-0.2, -0.15) is 0 Å². The summed E-state index contributed by atoms with van der Waals surface area (Å²) in [5, 5.41) is 14.0. The van der Waals surface area contributed by atoms with Crippen LogP contribution in [0.1, 0.15) is 0 Å². The average molecular weight is 291 g/mol. The van der Waals surface area contributed by atoms with E-state index in [4.69, 9.17) is 5.84 Å². The predicted molar refractivity (Wildman–Crippen MR) is 80.2 cm³/mol. The summed E-state index contributed by atoms with van der Waals surface area (Å²) in [6, 6.07) is 10.3. The zero-order valence-electron chi connectivity index (χ0n) is 10.7. The van der Waals surface area contributed by atoms with Gasteiger partial charge >= 0.3 is 5.69 Å². The Morgan fingerprint density at radius 2 is 2.05 bits per heavy atom. The number of aromatic nitrogens is 1. The minimum atomic E-state index is -0.489. The van der Waals surface area contributed by atoms with E-state index < -0.39 is 4.92 Å². The number of benzene rings is 1. The minimum absolute atomic E-state index is 0.111. The summed E-state index contributed by atoms with van der Waals surface area (Å²) < 4.78 is 0. The van der Waals surface area contributed by atoms with Crippen LogP contribution in [0.25, 0.3) is 0 Å². The topological polar surface area (TPSA) is 106 Å². The largest absolute Gasteiger partial charge is 0.333 e. The molecule has 0 radical (unpaired) electrons. The van der Waals surface area contributed by atoms with Gasteiger partial charge in [0.2, 0.25) is 5.82 Å². The zero-order valence-corrected chi connectivity index (χ0v) is 11.5. The van der Waals surface area contributed by atoms with Crippen LogP contribution < -0.4 is 16.6 Å². The Morgan fingerprint density at radius 3 is 2.70 bits per heavy atom.